The Bertz CT molecular complexity index is 1460. The average molecular weight is 536 g/mol. The normalized spacial score (nSPS) is 20.1. The molecule has 6 rings (SSSR count). The molecule has 0 aliphatic carbocycles. The maximum atomic E-state index is 13.2. The van der Waals surface area contributed by atoms with Crippen LogP contribution < -0.4 is 10.6 Å². The molecule has 3 amide bonds. The summed E-state index contributed by atoms with van der Waals surface area (Å²) < 4.78 is 0. The van der Waals surface area contributed by atoms with Gasteiger partial charge in [0.25, 0.3) is 5.91 Å². The zero-order chi connectivity index (χ0) is 26.6. The summed E-state index contributed by atoms with van der Waals surface area (Å²) in [5.74, 6) is -0.314. The first-order valence-corrected chi connectivity index (χ1v) is 13.5. The number of piperidine rings is 1. The zero-order valence-corrected chi connectivity index (χ0v) is 22.2. The minimum absolute atomic E-state index is 0.182. The molecule has 0 saturated carbocycles. The number of aromatic amines is 1. The summed E-state index contributed by atoms with van der Waals surface area (Å²) in [6.07, 6.45) is 2.90. The highest BCUT2D eigenvalue weighted by Crippen LogP contribution is 2.39. The van der Waals surface area contributed by atoms with E-state index < -0.39 is 11.9 Å². The van der Waals surface area contributed by atoms with Crippen LogP contribution in [0, 0.1) is 0 Å². The van der Waals surface area contributed by atoms with E-state index >= 15 is 0 Å². The number of pyridine rings is 1. The minimum Gasteiger partial charge on any atom is -0.365 e. The highest BCUT2D eigenvalue weighted by molar-refractivity contribution is 6.35. The number of amides is 3. The van der Waals surface area contributed by atoms with Gasteiger partial charge in [-0.25, -0.2) is 4.98 Å². The molecule has 3 aliphatic rings. The first-order chi connectivity index (χ1) is 18.3. The lowest BCUT2D eigenvalue weighted by Crippen LogP contribution is -2.52. The predicted octanol–water partition coefficient (Wildman–Crippen LogP) is 3.46. The Morgan fingerprint density at radius 3 is 2.66 bits per heavy atom. The Morgan fingerprint density at radius 1 is 1.16 bits per heavy atom. The molecule has 198 valence electrons. The molecule has 3 aliphatic heterocycles. The first-order valence-electron chi connectivity index (χ1n) is 13.1. The van der Waals surface area contributed by atoms with Gasteiger partial charge in [0.2, 0.25) is 11.8 Å². The Kier molecular flexibility index (Phi) is 6.31. The number of rotatable bonds is 6. The number of carbonyl (C=O) groups is 3. The second-order valence-electron chi connectivity index (χ2n) is 10.6. The largest absolute Gasteiger partial charge is 0.365 e. The first kappa shape index (κ1) is 24.8. The van der Waals surface area contributed by atoms with E-state index in [-0.39, 0.29) is 30.8 Å². The van der Waals surface area contributed by atoms with E-state index in [9.17, 15) is 14.4 Å². The highest BCUT2D eigenvalue weighted by atomic mass is 35.5. The molecule has 2 aromatic heterocycles. The fraction of sp³-hybridized carbons (Fsp3) is 0.444. The lowest BCUT2D eigenvalue weighted by Gasteiger charge is -2.29. The van der Waals surface area contributed by atoms with Crippen LogP contribution in [0.15, 0.2) is 18.2 Å². The van der Waals surface area contributed by atoms with Gasteiger partial charge in [-0.2, -0.15) is 5.10 Å². The number of carbonyl (C=O) groups excluding carboxylic acids is 3. The third kappa shape index (κ3) is 4.31. The molecule has 3 aromatic rings. The number of nitrogens with zero attached hydrogens (tertiary/aromatic N) is 4. The number of anilines is 1. The second-order valence-corrected chi connectivity index (χ2v) is 11.0. The number of nitrogens with one attached hydrogen (secondary N) is 3. The van der Waals surface area contributed by atoms with Crippen molar-refractivity contribution in [2.75, 3.05) is 18.4 Å². The smallest absolute Gasteiger partial charge is 0.255 e. The predicted molar refractivity (Wildman–Crippen MR) is 144 cm³/mol. The molecule has 3 N–H and O–H groups in total. The molecule has 11 heteroatoms. The molecule has 10 nitrogen and oxygen atoms in total. The third-order valence-electron chi connectivity index (χ3n) is 7.55. The fourth-order valence-electron chi connectivity index (χ4n) is 5.68. The van der Waals surface area contributed by atoms with Gasteiger partial charge in [0.1, 0.15) is 11.6 Å². The van der Waals surface area contributed by atoms with Crippen molar-refractivity contribution in [2.24, 2.45) is 0 Å². The molecule has 1 aromatic carbocycles. The molecule has 0 bridgehead atoms. The van der Waals surface area contributed by atoms with Gasteiger partial charge in [-0.15, -0.1) is 0 Å². The monoisotopic (exact) mass is 535 g/mol. The van der Waals surface area contributed by atoms with Gasteiger partial charge in [0.15, 0.2) is 5.82 Å². The maximum Gasteiger partial charge on any atom is 0.255 e. The molecule has 2 saturated heterocycles. The topological polar surface area (TPSA) is 123 Å². The maximum absolute atomic E-state index is 13.2. The summed E-state index contributed by atoms with van der Waals surface area (Å²) >= 11 is 6.97. The molecule has 1 unspecified atom stereocenters. The Labute approximate surface area is 225 Å². The van der Waals surface area contributed by atoms with Crippen LogP contribution in [0.5, 0.6) is 0 Å². The van der Waals surface area contributed by atoms with E-state index in [2.05, 4.69) is 45.6 Å². The molecule has 2 fully saturated rings. The van der Waals surface area contributed by atoms with Gasteiger partial charge < -0.3 is 10.2 Å². The van der Waals surface area contributed by atoms with Crippen molar-refractivity contribution in [1.29, 1.82) is 0 Å². The third-order valence-corrected chi connectivity index (χ3v) is 7.98. The standard InChI is InChI=1S/C27H30ClN7O3/c1-14(2)29-25-24-23(32-33-25)15(12-34-9-3-4-10-34)11-19(30-24)17-6-5-16-18(22(17)28)13-35(27(16)38)20-7-8-21(36)31-26(20)37/h5-6,11,14,20H,3-4,7-10,12-13H2,1-2H3,(H2,29,32,33)(H,31,36,37). The molecule has 1 atom stereocenters. The van der Waals surface area contributed by atoms with Crippen LogP contribution in [0.2, 0.25) is 5.02 Å². The highest BCUT2D eigenvalue weighted by Gasteiger charge is 2.40. The van der Waals surface area contributed by atoms with E-state index in [0.717, 1.165) is 41.8 Å². The number of H-pyrrole nitrogens is 1. The summed E-state index contributed by atoms with van der Waals surface area (Å²) in [6.45, 7) is 7.21. The zero-order valence-electron chi connectivity index (χ0n) is 21.4. The summed E-state index contributed by atoms with van der Waals surface area (Å²) in [6, 6.07) is 5.14. The molecular weight excluding hydrogens is 506 g/mol. The van der Waals surface area contributed by atoms with Crippen molar-refractivity contribution in [2.45, 2.75) is 64.7 Å². The van der Waals surface area contributed by atoms with Crippen LogP contribution in [-0.4, -0.2) is 67.9 Å². The summed E-state index contributed by atoms with van der Waals surface area (Å²) in [7, 11) is 0. The van der Waals surface area contributed by atoms with Gasteiger partial charge in [-0.3, -0.25) is 29.7 Å². The number of benzene rings is 1. The number of halogens is 1. The molecule has 0 spiro atoms. The van der Waals surface area contributed by atoms with Crippen molar-refractivity contribution in [3.8, 4) is 11.3 Å². The second kappa shape index (κ2) is 9.67. The Hall–Kier alpha value is -3.50. The van der Waals surface area contributed by atoms with Crippen LogP contribution >= 0.6 is 11.6 Å². The van der Waals surface area contributed by atoms with Crippen LogP contribution in [0.4, 0.5) is 5.82 Å². The number of hydrogen-bond acceptors (Lipinski definition) is 7. The number of imide groups is 1. The van der Waals surface area contributed by atoms with E-state index in [1.807, 2.05) is 6.07 Å². The number of hydrogen-bond donors (Lipinski definition) is 3. The van der Waals surface area contributed by atoms with Crippen LogP contribution in [0.25, 0.3) is 22.3 Å². The minimum atomic E-state index is -0.691. The number of aromatic nitrogens is 3. The molecule has 38 heavy (non-hydrogen) atoms. The molecular formula is C27H30ClN7O3. The van der Waals surface area contributed by atoms with Crippen molar-refractivity contribution >= 4 is 46.2 Å². The van der Waals surface area contributed by atoms with Crippen LogP contribution in [0.3, 0.4) is 0 Å². The van der Waals surface area contributed by atoms with Crippen molar-refractivity contribution in [3.63, 3.8) is 0 Å². The van der Waals surface area contributed by atoms with Crippen molar-refractivity contribution in [3.05, 3.63) is 39.9 Å². The van der Waals surface area contributed by atoms with Crippen LogP contribution in [-0.2, 0) is 22.7 Å². The number of likely N-dealkylation sites (tertiary alicyclic amines) is 1. The fourth-order valence-corrected chi connectivity index (χ4v) is 6.00. The van der Waals surface area contributed by atoms with Gasteiger partial charge >= 0.3 is 0 Å². The van der Waals surface area contributed by atoms with Crippen molar-refractivity contribution < 1.29 is 14.4 Å². The van der Waals surface area contributed by atoms with E-state index in [0.29, 0.717) is 34.1 Å². The van der Waals surface area contributed by atoms with Gasteiger partial charge in [0, 0.05) is 42.2 Å². The summed E-state index contributed by atoms with van der Waals surface area (Å²) in [5, 5.41) is 13.9. The average Bonchev–Trinajstić information content (AvgIpc) is 3.60. The van der Waals surface area contributed by atoms with Gasteiger partial charge in [0.05, 0.1) is 16.2 Å². The van der Waals surface area contributed by atoms with Crippen molar-refractivity contribution in [1.82, 2.24) is 30.3 Å². The molecule has 0 radical (unpaired) electrons. The Morgan fingerprint density at radius 2 is 1.92 bits per heavy atom. The lowest BCUT2D eigenvalue weighted by atomic mass is 10.0. The van der Waals surface area contributed by atoms with Crippen LogP contribution in [0.1, 0.15) is 61.0 Å². The summed E-state index contributed by atoms with van der Waals surface area (Å²) in [4.78, 5) is 46.2. The lowest BCUT2D eigenvalue weighted by molar-refractivity contribution is -0.136. The Balaban J connectivity index is 1.39. The van der Waals surface area contributed by atoms with Gasteiger partial charge in [-0.1, -0.05) is 17.7 Å². The van der Waals surface area contributed by atoms with E-state index in [1.165, 1.54) is 17.7 Å². The SMILES string of the molecule is CC(C)Nc1n[nH]c2c(CN3CCCC3)cc(-c3ccc4c(c3Cl)CN(C3CCC(=O)NC3=O)C4=O)nc12. The van der Waals surface area contributed by atoms with E-state index in [1.54, 1.807) is 6.07 Å². The van der Waals surface area contributed by atoms with Gasteiger partial charge in [-0.05, 0) is 63.9 Å². The molecule has 5 heterocycles. The van der Waals surface area contributed by atoms with E-state index in [4.69, 9.17) is 16.6 Å². The quantitative estimate of drug-likeness (QED) is 0.413. The summed E-state index contributed by atoms with van der Waals surface area (Å²) in [5.41, 5.74) is 5.34. The number of fused-ring (bicyclic) bond motifs is 2.